The van der Waals surface area contributed by atoms with E-state index in [-0.39, 0.29) is 47.1 Å². The standard InChI is InChI=1S/C29H42F3N7O2/c1-28(2)15-20(16-29(3,4)38(28)5)35-25-23(32)17-34-27(37-25)36-19-13-21(30)24(22(31)14-19)41-12-9-18-7-6-10-39(11-8-18)26(33)40/h13-14,17-18,20H,6-12,15-16H2,1-5H3,(H2,33,40)(H2,34,35,36,37). The molecule has 1 atom stereocenters. The van der Waals surface area contributed by atoms with Crippen molar-refractivity contribution >= 4 is 23.5 Å². The Labute approximate surface area is 240 Å². The van der Waals surface area contributed by atoms with Gasteiger partial charge >= 0.3 is 6.03 Å². The number of carbonyl (C=O) groups excluding carboxylic acids is 1. The number of nitrogens with one attached hydrogen (secondary N) is 2. The van der Waals surface area contributed by atoms with Gasteiger partial charge in [-0.2, -0.15) is 4.98 Å². The molecule has 9 nitrogen and oxygen atoms in total. The molecule has 41 heavy (non-hydrogen) atoms. The SMILES string of the molecule is CN1C(C)(C)CC(Nc2nc(Nc3cc(F)c(OCCC4CCCN(C(N)=O)CC4)c(F)c3)ncc2F)CC1(C)C. The van der Waals surface area contributed by atoms with Gasteiger partial charge in [-0.05, 0) is 79.2 Å². The van der Waals surface area contributed by atoms with E-state index in [2.05, 4.69) is 60.2 Å². The summed E-state index contributed by atoms with van der Waals surface area (Å²) in [6.45, 7) is 9.94. The average molecular weight is 578 g/mol. The molecule has 3 heterocycles. The maximum absolute atomic E-state index is 14.8. The minimum atomic E-state index is -0.871. The fourth-order valence-corrected chi connectivity index (χ4v) is 6.10. The normalized spacial score (nSPS) is 21.3. The largest absolute Gasteiger partial charge is 0.488 e. The van der Waals surface area contributed by atoms with Crippen molar-refractivity contribution in [1.82, 2.24) is 19.8 Å². The van der Waals surface area contributed by atoms with E-state index in [1.807, 2.05) is 0 Å². The molecule has 4 N–H and O–H groups in total. The van der Waals surface area contributed by atoms with Crippen molar-refractivity contribution in [2.24, 2.45) is 11.7 Å². The van der Waals surface area contributed by atoms with Gasteiger partial charge in [0, 0.05) is 48.0 Å². The molecule has 4 rings (SSSR count). The van der Waals surface area contributed by atoms with Crippen molar-refractivity contribution in [3.05, 3.63) is 35.8 Å². The van der Waals surface area contributed by atoms with Crippen LogP contribution < -0.4 is 21.1 Å². The molecule has 0 bridgehead atoms. The molecule has 0 saturated carbocycles. The summed E-state index contributed by atoms with van der Waals surface area (Å²) >= 11 is 0. The lowest BCUT2D eigenvalue weighted by Gasteiger charge is -2.53. The van der Waals surface area contributed by atoms with Crippen LogP contribution in [0.3, 0.4) is 0 Å². The van der Waals surface area contributed by atoms with Crippen LogP contribution in [0.5, 0.6) is 5.75 Å². The number of carbonyl (C=O) groups is 1. The summed E-state index contributed by atoms with van der Waals surface area (Å²) in [4.78, 5) is 23.5. The molecule has 12 heteroatoms. The number of amides is 2. The summed E-state index contributed by atoms with van der Waals surface area (Å²) in [6.07, 6.45) is 5.69. The smallest absolute Gasteiger partial charge is 0.314 e. The van der Waals surface area contributed by atoms with Crippen molar-refractivity contribution in [1.29, 1.82) is 0 Å². The third kappa shape index (κ3) is 7.52. The molecule has 2 aromatic rings. The molecule has 2 saturated heterocycles. The minimum Gasteiger partial charge on any atom is -0.488 e. The first-order chi connectivity index (χ1) is 19.2. The second kappa shape index (κ2) is 12.3. The van der Waals surface area contributed by atoms with Gasteiger partial charge in [0.2, 0.25) is 5.95 Å². The fraction of sp³-hybridized carbons (Fsp3) is 0.621. The van der Waals surface area contributed by atoms with Crippen molar-refractivity contribution in [2.75, 3.05) is 37.4 Å². The maximum Gasteiger partial charge on any atom is 0.314 e. The second-order valence-electron chi connectivity index (χ2n) is 12.5. The van der Waals surface area contributed by atoms with E-state index in [1.54, 1.807) is 4.90 Å². The highest BCUT2D eigenvalue weighted by Crippen LogP contribution is 2.38. The predicted molar refractivity (Wildman–Crippen MR) is 153 cm³/mol. The highest BCUT2D eigenvalue weighted by Gasteiger charge is 2.43. The van der Waals surface area contributed by atoms with Crippen molar-refractivity contribution in [3.8, 4) is 5.75 Å². The van der Waals surface area contributed by atoms with Crippen LogP contribution in [0.4, 0.5) is 35.4 Å². The summed E-state index contributed by atoms with van der Waals surface area (Å²) in [6, 6.07) is 1.73. The Kier molecular flexibility index (Phi) is 9.20. The van der Waals surface area contributed by atoms with E-state index < -0.39 is 29.2 Å². The van der Waals surface area contributed by atoms with Gasteiger partial charge in [-0.15, -0.1) is 0 Å². The van der Waals surface area contributed by atoms with Crippen molar-refractivity contribution in [2.45, 2.75) is 83.3 Å². The van der Waals surface area contributed by atoms with Crippen LogP contribution in [-0.2, 0) is 0 Å². The number of hydrogen-bond donors (Lipinski definition) is 3. The molecule has 0 spiro atoms. The number of nitrogens with two attached hydrogens (primary N) is 1. The van der Waals surface area contributed by atoms with Crippen molar-refractivity contribution in [3.63, 3.8) is 0 Å². The first kappa shape index (κ1) is 30.7. The van der Waals surface area contributed by atoms with Gasteiger partial charge in [-0.1, -0.05) is 0 Å². The quantitative estimate of drug-likeness (QED) is 0.372. The number of hydrogen-bond acceptors (Lipinski definition) is 7. The Hall–Kier alpha value is -3.28. The molecule has 1 aromatic heterocycles. The number of rotatable bonds is 8. The van der Waals surface area contributed by atoms with E-state index >= 15 is 0 Å². The molecule has 2 amide bonds. The first-order valence-electron chi connectivity index (χ1n) is 14.2. The summed E-state index contributed by atoms with van der Waals surface area (Å²) in [5, 5.41) is 5.98. The number of piperidine rings is 1. The molecule has 0 aliphatic carbocycles. The van der Waals surface area contributed by atoms with Gasteiger partial charge in [0.15, 0.2) is 29.0 Å². The molecular weight excluding hydrogens is 535 g/mol. The third-order valence-electron chi connectivity index (χ3n) is 8.58. The maximum atomic E-state index is 14.8. The van der Waals surface area contributed by atoms with Crippen LogP contribution in [0.15, 0.2) is 18.3 Å². The van der Waals surface area contributed by atoms with Gasteiger partial charge < -0.3 is 26.0 Å². The zero-order chi connectivity index (χ0) is 29.9. The van der Waals surface area contributed by atoms with Crippen LogP contribution in [0, 0.1) is 23.4 Å². The number of urea groups is 1. The molecule has 0 radical (unpaired) electrons. The Balaban J connectivity index is 1.37. The lowest BCUT2D eigenvalue weighted by atomic mass is 9.77. The average Bonchev–Trinajstić information content (AvgIpc) is 3.12. The van der Waals surface area contributed by atoms with Gasteiger partial charge in [-0.3, -0.25) is 4.90 Å². The highest BCUT2D eigenvalue weighted by molar-refractivity contribution is 5.71. The molecule has 2 aliphatic rings. The van der Waals surface area contributed by atoms with Crippen LogP contribution >= 0.6 is 0 Å². The van der Waals surface area contributed by atoms with E-state index in [9.17, 15) is 18.0 Å². The van der Waals surface area contributed by atoms with E-state index in [0.717, 1.165) is 50.4 Å². The number of benzene rings is 1. The zero-order valence-corrected chi connectivity index (χ0v) is 24.6. The predicted octanol–water partition coefficient (Wildman–Crippen LogP) is 5.65. The molecule has 2 aliphatic heterocycles. The Morgan fingerprint density at radius 1 is 1.07 bits per heavy atom. The number of nitrogens with zero attached hydrogens (tertiary/aromatic N) is 4. The second-order valence-corrected chi connectivity index (χ2v) is 12.5. The molecule has 1 unspecified atom stereocenters. The zero-order valence-electron chi connectivity index (χ0n) is 24.6. The summed E-state index contributed by atoms with van der Waals surface area (Å²) in [5.74, 6) is -2.50. The lowest BCUT2D eigenvalue weighted by molar-refractivity contribution is -0.00778. The Morgan fingerprint density at radius 3 is 2.37 bits per heavy atom. The van der Waals surface area contributed by atoms with Gasteiger partial charge in [-0.25, -0.2) is 22.9 Å². The minimum absolute atomic E-state index is 0.00573. The summed E-state index contributed by atoms with van der Waals surface area (Å²) < 4.78 is 49.8. The van der Waals surface area contributed by atoms with Crippen LogP contribution in [0.2, 0.25) is 0 Å². The Morgan fingerprint density at radius 2 is 1.73 bits per heavy atom. The van der Waals surface area contributed by atoms with Gasteiger partial charge in [0.1, 0.15) is 0 Å². The van der Waals surface area contributed by atoms with E-state index in [4.69, 9.17) is 10.5 Å². The van der Waals surface area contributed by atoms with Crippen LogP contribution in [0.25, 0.3) is 0 Å². The number of ether oxygens (including phenoxy) is 1. The van der Waals surface area contributed by atoms with Gasteiger partial charge in [0.25, 0.3) is 0 Å². The molecular formula is C29H42F3N7O2. The van der Waals surface area contributed by atoms with E-state index in [1.165, 1.54) is 0 Å². The van der Waals surface area contributed by atoms with Crippen LogP contribution in [-0.4, -0.2) is 69.7 Å². The monoisotopic (exact) mass is 577 g/mol. The van der Waals surface area contributed by atoms with Crippen molar-refractivity contribution < 1.29 is 22.7 Å². The lowest BCUT2D eigenvalue weighted by Crippen LogP contribution is -2.61. The van der Waals surface area contributed by atoms with Gasteiger partial charge in [0.05, 0.1) is 12.8 Å². The molecule has 1 aromatic carbocycles. The number of anilines is 3. The number of primary amides is 1. The summed E-state index contributed by atoms with van der Waals surface area (Å²) in [5.41, 5.74) is 5.23. The Bertz CT molecular complexity index is 1200. The first-order valence-corrected chi connectivity index (χ1v) is 14.2. The van der Waals surface area contributed by atoms with Crippen LogP contribution in [0.1, 0.15) is 66.2 Å². The highest BCUT2D eigenvalue weighted by atomic mass is 19.1. The molecule has 2 fully saturated rings. The third-order valence-corrected chi connectivity index (χ3v) is 8.58. The number of likely N-dealkylation sites (tertiary alicyclic amines) is 2. The topological polar surface area (TPSA) is 109 Å². The number of halogens is 3. The van der Waals surface area contributed by atoms with E-state index in [0.29, 0.717) is 19.5 Å². The summed E-state index contributed by atoms with van der Waals surface area (Å²) in [7, 11) is 2.09. The number of aromatic nitrogens is 2. The fourth-order valence-electron chi connectivity index (χ4n) is 6.10. The molecule has 226 valence electrons.